The molecule has 2 N–H and O–H groups in total. The van der Waals surface area contributed by atoms with E-state index in [2.05, 4.69) is 5.32 Å². The molecule has 5 nitrogen and oxygen atoms in total. The van der Waals surface area contributed by atoms with Crippen LogP contribution < -0.4 is 5.32 Å². The fraction of sp³-hybridized carbons (Fsp3) is 0.355. The van der Waals surface area contributed by atoms with Crippen LogP contribution in [0.5, 0.6) is 0 Å². The van der Waals surface area contributed by atoms with Crippen LogP contribution in [0.25, 0.3) is 11.1 Å². The maximum absolute atomic E-state index is 13.7. The lowest BCUT2D eigenvalue weighted by Crippen LogP contribution is -2.60. The van der Waals surface area contributed by atoms with Crippen LogP contribution in [0.2, 0.25) is 5.02 Å². The number of rotatable bonds is 6. The van der Waals surface area contributed by atoms with Crippen LogP contribution in [-0.2, 0) is 10.4 Å². The van der Waals surface area contributed by atoms with Crippen molar-refractivity contribution in [1.82, 2.24) is 10.2 Å². The average molecular weight is 519 g/mol. The second kappa shape index (κ2) is 10.7. The predicted molar refractivity (Wildman–Crippen MR) is 148 cm³/mol. The number of amides is 2. The lowest BCUT2D eigenvalue weighted by atomic mass is 9.66. The summed E-state index contributed by atoms with van der Waals surface area (Å²) in [5.41, 5.74) is 1.57. The fourth-order valence-electron chi connectivity index (χ4n) is 5.18. The van der Waals surface area contributed by atoms with Gasteiger partial charge in [-0.15, -0.1) is 0 Å². The van der Waals surface area contributed by atoms with E-state index in [1.807, 2.05) is 88.4 Å². The van der Waals surface area contributed by atoms with Gasteiger partial charge in [-0.2, -0.15) is 0 Å². The maximum atomic E-state index is 13.7. The zero-order valence-electron chi connectivity index (χ0n) is 21.9. The monoisotopic (exact) mass is 518 g/mol. The Kier molecular flexibility index (Phi) is 7.77. The summed E-state index contributed by atoms with van der Waals surface area (Å²) in [6.07, 6.45) is 0.394. The zero-order valence-corrected chi connectivity index (χ0v) is 22.6. The summed E-state index contributed by atoms with van der Waals surface area (Å²) in [7, 11) is 0. The minimum absolute atomic E-state index is 0.103. The van der Waals surface area contributed by atoms with Crippen molar-refractivity contribution in [2.24, 2.45) is 11.3 Å². The lowest BCUT2D eigenvalue weighted by molar-refractivity contribution is -0.155. The summed E-state index contributed by atoms with van der Waals surface area (Å²) < 4.78 is 0. The number of piperidine rings is 1. The molecule has 6 heteroatoms. The number of likely N-dealkylation sites (tertiary alicyclic amines) is 1. The van der Waals surface area contributed by atoms with Crippen LogP contribution in [0.3, 0.4) is 0 Å². The Bertz CT molecular complexity index is 1260. The van der Waals surface area contributed by atoms with Crippen molar-refractivity contribution in [1.29, 1.82) is 0 Å². The number of nitrogens with one attached hydrogen (secondary N) is 1. The first kappa shape index (κ1) is 26.9. The van der Waals surface area contributed by atoms with Crippen molar-refractivity contribution in [2.75, 3.05) is 13.1 Å². The Labute approximate surface area is 224 Å². The summed E-state index contributed by atoms with van der Waals surface area (Å²) in [4.78, 5) is 28.7. The third kappa shape index (κ3) is 5.58. The van der Waals surface area contributed by atoms with Crippen molar-refractivity contribution >= 4 is 23.4 Å². The van der Waals surface area contributed by atoms with Crippen LogP contribution >= 0.6 is 11.6 Å². The highest BCUT2D eigenvalue weighted by atomic mass is 35.5. The van der Waals surface area contributed by atoms with Gasteiger partial charge in [0.25, 0.3) is 5.91 Å². The molecule has 1 fully saturated rings. The molecule has 3 aromatic rings. The van der Waals surface area contributed by atoms with E-state index in [9.17, 15) is 14.7 Å². The first-order valence-corrected chi connectivity index (χ1v) is 13.1. The Morgan fingerprint density at radius 2 is 1.59 bits per heavy atom. The summed E-state index contributed by atoms with van der Waals surface area (Å²) in [6, 6.07) is 23.9. The molecule has 0 saturated carbocycles. The Balaban J connectivity index is 1.50. The summed E-state index contributed by atoms with van der Waals surface area (Å²) in [6.45, 7) is 8.57. The van der Waals surface area contributed by atoms with Gasteiger partial charge in [0.15, 0.2) is 0 Å². The van der Waals surface area contributed by atoms with E-state index in [0.717, 1.165) is 16.7 Å². The van der Waals surface area contributed by atoms with Crippen molar-refractivity contribution in [3.05, 3.63) is 95.0 Å². The van der Waals surface area contributed by atoms with Crippen LogP contribution in [0.1, 0.15) is 50.0 Å². The van der Waals surface area contributed by atoms with Crippen molar-refractivity contribution in [3.8, 4) is 11.1 Å². The molecule has 0 aliphatic carbocycles. The second-order valence-corrected chi connectivity index (χ2v) is 11.3. The number of benzene rings is 3. The molecule has 2 amide bonds. The first-order chi connectivity index (χ1) is 17.5. The molecule has 1 saturated heterocycles. The Hall–Kier alpha value is -3.15. The minimum Gasteiger partial charge on any atom is -0.384 e. The van der Waals surface area contributed by atoms with Crippen LogP contribution in [0, 0.1) is 11.3 Å². The molecule has 0 bridgehead atoms. The predicted octanol–water partition coefficient (Wildman–Crippen LogP) is 5.91. The molecule has 0 unspecified atom stereocenters. The number of hydrogen-bond donors (Lipinski definition) is 2. The topological polar surface area (TPSA) is 69.6 Å². The van der Waals surface area contributed by atoms with E-state index in [0.29, 0.717) is 30.1 Å². The molecule has 0 radical (unpaired) electrons. The van der Waals surface area contributed by atoms with Gasteiger partial charge >= 0.3 is 0 Å². The maximum Gasteiger partial charge on any atom is 0.251 e. The third-order valence-corrected chi connectivity index (χ3v) is 7.79. The minimum atomic E-state index is -1.09. The van der Waals surface area contributed by atoms with Crippen LogP contribution in [0.4, 0.5) is 0 Å². The molecule has 194 valence electrons. The van der Waals surface area contributed by atoms with E-state index in [1.165, 1.54) is 0 Å². The molecule has 1 aliphatic heterocycles. The molecule has 1 heterocycles. The number of carbonyl (C=O) groups excluding carboxylic acids is 2. The highest BCUT2D eigenvalue weighted by Gasteiger charge is 2.50. The van der Waals surface area contributed by atoms with E-state index in [-0.39, 0.29) is 17.7 Å². The average Bonchev–Trinajstić information content (AvgIpc) is 2.89. The number of halogens is 1. The molecule has 37 heavy (non-hydrogen) atoms. The van der Waals surface area contributed by atoms with Gasteiger partial charge in [-0.25, -0.2) is 0 Å². The Morgan fingerprint density at radius 1 is 0.946 bits per heavy atom. The third-order valence-electron chi connectivity index (χ3n) is 7.53. The van der Waals surface area contributed by atoms with Crippen molar-refractivity contribution in [2.45, 2.75) is 45.8 Å². The highest BCUT2D eigenvalue weighted by Crippen LogP contribution is 2.46. The first-order valence-electron chi connectivity index (χ1n) is 12.8. The number of hydrogen-bond acceptors (Lipinski definition) is 3. The van der Waals surface area contributed by atoms with Crippen molar-refractivity contribution < 1.29 is 14.7 Å². The standard InChI is InChI=1S/C31H35ClN2O3/c1-21(2)27(33-28(35)24-12-8-11-23(19-24)22-9-6-5-7-10-22)29(36)34-18-17-31(37,30(3,4)20-34)25-13-15-26(32)16-14-25/h5-16,19,21,27,37H,17-18,20H2,1-4H3,(H,33,35)/t27-,31+/m1/s1. The van der Waals surface area contributed by atoms with Gasteiger partial charge in [0, 0.05) is 29.1 Å². The molecule has 0 aromatic heterocycles. The molecular formula is C31H35ClN2O3. The van der Waals surface area contributed by atoms with Crippen LogP contribution in [0.15, 0.2) is 78.9 Å². The smallest absolute Gasteiger partial charge is 0.251 e. The summed E-state index contributed by atoms with van der Waals surface area (Å²) in [5.74, 6) is -0.512. The molecule has 1 aliphatic rings. The number of nitrogens with zero attached hydrogens (tertiary/aromatic N) is 1. The largest absolute Gasteiger partial charge is 0.384 e. The van der Waals surface area contributed by atoms with E-state index < -0.39 is 17.1 Å². The van der Waals surface area contributed by atoms with Gasteiger partial charge in [-0.1, -0.05) is 93.9 Å². The van der Waals surface area contributed by atoms with Gasteiger partial charge in [0.05, 0.1) is 5.60 Å². The summed E-state index contributed by atoms with van der Waals surface area (Å²) in [5, 5.41) is 15.3. The van der Waals surface area contributed by atoms with E-state index in [1.54, 1.807) is 23.1 Å². The summed E-state index contributed by atoms with van der Waals surface area (Å²) >= 11 is 6.05. The number of carbonyl (C=O) groups is 2. The Morgan fingerprint density at radius 3 is 2.22 bits per heavy atom. The van der Waals surface area contributed by atoms with Gasteiger partial charge in [-0.05, 0) is 53.3 Å². The van der Waals surface area contributed by atoms with Gasteiger partial charge in [-0.3, -0.25) is 9.59 Å². The van der Waals surface area contributed by atoms with Gasteiger partial charge in [0.2, 0.25) is 5.91 Å². The lowest BCUT2D eigenvalue weighted by Gasteiger charge is -2.51. The van der Waals surface area contributed by atoms with E-state index in [4.69, 9.17) is 11.6 Å². The zero-order chi connectivity index (χ0) is 26.8. The quantitative estimate of drug-likeness (QED) is 0.426. The van der Waals surface area contributed by atoms with E-state index >= 15 is 0 Å². The molecule has 4 rings (SSSR count). The SMILES string of the molecule is CC(C)[C@@H](NC(=O)c1cccc(-c2ccccc2)c1)C(=O)N1CC[C@](O)(c2ccc(Cl)cc2)C(C)(C)C1. The van der Waals surface area contributed by atoms with Crippen LogP contribution in [-0.4, -0.2) is 41.0 Å². The fourth-order valence-corrected chi connectivity index (χ4v) is 5.30. The molecule has 2 atom stereocenters. The molecular weight excluding hydrogens is 484 g/mol. The normalized spacial score (nSPS) is 19.9. The van der Waals surface area contributed by atoms with Crippen molar-refractivity contribution in [3.63, 3.8) is 0 Å². The second-order valence-electron chi connectivity index (χ2n) is 10.9. The van der Waals surface area contributed by atoms with Gasteiger partial charge in [0.1, 0.15) is 6.04 Å². The molecule has 3 aromatic carbocycles. The molecule has 0 spiro atoms. The van der Waals surface area contributed by atoms with Gasteiger partial charge < -0.3 is 15.3 Å². The highest BCUT2D eigenvalue weighted by molar-refractivity contribution is 6.30. The number of aliphatic hydroxyl groups is 1.